The summed E-state index contributed by atoms with van der Waals surface area (Å²) < 4.78 is 0. The molecule has 0 heterocycles. The van der Waals surface area contributed by atoms with Crippen LogP contribution < -0.4 is 20.4 Å². The van der Waals surface area contributed by atoms with Crippen LogP contribution in [0.15, 0.2) is 0 Å². The largest absolute Gasteiger partial charge is 4.00 e. The zero-order chi connectivity index (χ0) is 13.9. The van der Waals surface area contributed by atoms with Crippen LogP contribution in [0, 0.1) is 10.1 Å². The molecule has 0 aliphatic heterocycles. The first-order chi connectivity index (χ1) is 7.02. The minimum absolute atomic E-state index is 0. The molecule has 1 N–H and O–H groups in total. The van der Waals surface area contributed by atoms with Gasteiger partial charge in [-0.05, 0) is 0 Å². The zero-order valence-electron chi connectivity index (χ0n) is 7.48. The van der Waals surface area contributed by atoms with Gasteiger partial charge in [-0.1, -0.05) is 0 Å². The minimum Gasteiger partial charge on any atom is -0.543 e. The number of nitrogens with zero attached hydrogens (tertiary/aromatic N) is 1. The van der Waals surface area contributed by atoms with Crippen LogP contribution in [0.4, 0.5) is 0 Å². The first-order valence-corrected chi connectivity index (χ1v) is 2.70. The number of carbonyl (C=O) groups excluding carboxylic acids is 4. The van der Waals surface area contributed by atoms with Gasteiger partial charge in [0, 0.05) is 0 Å². The molecule has 0 rings (SSSR count). The Morgan fingerprint density at radius 1 is 0.765 bits per heavy atom. The van der Waals surface area contributed by atoms with Gasteiger partial charge < -0.3 is 44.8 Å². The van der Waals surface area contributed by atoms with Crippen molar-refractivity contribution in [1.82, 2.24) is 0 Å². The van der Waals surface area contributed by atoms with Gasteiger partial charge in [0.15, 0.2) is 0 Å². The number of hydrogen-bond donors (Lipinski definition) is 1. The van der Waals surface area contributed by atoms with Crippen molar-refractivity contribution in [2.24, 2.45) is 0 Å². The number of carboxylic acids is 4. The summed E-state index contributed by atoms with van der Waals surface area (Å²) in [5.74, 6) is -8.74. The molecular weight excluding hydrogens is 357 g/mol. The van der Waals surface area contributed by atoms with Crippen molar-refractivity contribution < 1.29 is 49.9 Å². The first kappa shape index (κ1) is 24.2. The van der Waals surface area contributed by atoms with Gasteiger partial charge >= 0.3 is 23.9 Å². The molecule has 0 atom stereocenters. The fourth-order valence-electron chi connectivity index (χ4n) is 0. The number of carbonyl (C=O) groups is 4. The minimum atomic E-state index is -2.19. The molecule has 0 unspecified atom stereocenters. The average Bonchev–Trinajstić information content (AvgIpc) is 2.03. The van der Waals surface area contributed by atoms with Crippen LogP contribution in [-0.2, 0) is 19.2 Å². The van der Waals surface area contributed by atoms with Crippen molar-refractivity contribution in [3.63, 3.8) is 0 Å². The van der Waals surface area contributed by atoms with Crippen LogP contribution in [0.3, 0.4) is 0 Å². The van der Waals surface area contributed by atoms with Crippen molar-refractivity contribution >= 4 is 47.8 Å². The standard InChI is InChI=1S/2C2H2O4.HNO3.Sn/c2*3-1(4)2(5)6;2-1(3)4;/h2*(H,3,4)(H,5,6);(H,2,3,4);/q;;;+4/p-4. The topological polar surface area (TPSA) is 224 Å². The molecule has 13 heteroatoms. The number of aliphatic carboxylic acids is 4. The van der Waals surface area contributed by atoms with Crippen molar-refractivity contribution in [2.75, 3.05) is 0 Å². The summed E-state index contributed by atoms with van der Waals surface area (Å²) in [6, 6.07) is 0. The van der Waals surface area contributed by atoms with E-state index in [1.807, 2.05) is 0 Å². The first-order valence-electron chi connectivity index (χ1n) is 2.70. The monoisotopic (exact) mass is 359 g/mol. The van der Waals surface area contributed by atoms with E-state index in [1.54, 1.807) is 0 Å². The van der Waals surface area contributed by atoms with Crippen molar-refractivity contribution in [2.45, 2.75) is 0 Å². The number of rotatable bonds is 0. The van der Waals surface area contributed by atoms with E-state index in [2.05, 4.69) is 0 Å². The molecule has 0 spiro atoms. The van der Waals surface area contributed by atoms with Gasteiger partial charge in [-0.15, -0.1) is 10.1 Å². The van der Waals surface area contributed by atoms with Gasteiger partial charge in [0.05, 0.1) is 23.9 Å². The fourth-order valence-corrected chi connectivity index (χ4v) is 0. The molecule has 0 saturated heterocycles. The Hall–Kier alpha value is -2.12. The molecule has 0 aliphatic rings. The molecule has 0 bridgehead atoms. The summed E-state index contributed by atoms with van der Waals surface area (Å²) in [5, 5.41) is 49.3. The third-order valence-corrected chi connectivity index (χ3v) is 0.333. The third-order valence-electron chi connectivity index (χ3n) is 0.333. The van der Waals surface area contributed by atoms with Crippen LogP contribution >= 0.6 is 0 Å². The van der Waals surface area contributed by atoms with Crippen molar-refractivity contribution in [3.05, 3.63) is 10.1 Å². The molecule has 12 nitrogen and oxygen atoms in total. The van der Waals surface area contributed by atoms with Crippen LogP contribution in [0.1, 0.15) is 0 Å². The fraction of sp³-hybridized carbons (Fsp3) is 0. The van der Waals surface area contributed by atoms with E-state index in [0.717, 1.165) is 0 Å². The maximum absolute atomic E-state index is 8.93. The predicted octanol–water partition coefficient (Wildman–Crippen LogP) is -7.76. The Labute approximate surface area is 108 Å². The van der Waals surface area contributed by atoms with Crippen LogP contribution in [0.2, 0.25) is 0 Å². The van der Waals surface area contributed by atoms with Gasteiger partial charge in [0.25, 0.3) is 5.09 Å². The van der Waals surface area contributed by atoms with Crippen LogP contribution in [-0.4, -0.2) is 58.1 Å². The van der Waals surface area contributed by atoms with Gasteiger partial charge in [-0.3, -0.25) is 0 Å². The van der Waals surface area contributed by atoms with Crippen LogP contribution in [0.25, 0.3) is 0 Å². The second-order valence-electron chi connectivity index (χ2n) is 1.39. The molecule has 0 aromatic rings. The Morgan fingerprint density at radius 2 is 0.824 bits per heavy atom. The quantitative estimate of drug-likeness (QED) is 0.185. The maximum Gasteiger partial charge on any atom is 4.00 e. The summed E-state index contributed by atoms with van der Waals surface area (Å²) in [5.41, 5.74) is 0. The van der Waals surface area contributed by atoms with E-state index in [1.165, 1.54) is 0 Å². The second kappa shape index (κ2) is 13.9. The molecular formula is C4HNO11Sn. The summed E-state index contributed by atoms with van der Waals surface area (Å²) in [4.78, 5) is 44.1. The second-order valence-corrected chi connectivity index (χ2v) is 1.39. The predicted molar refractivity (Wildman–Crippen MR) is 34.6 cm³/mol. The molecule has 0 radical (unpaired) electrons. The van der Waals surface area contributed by atoms with Gasteiger partial charge in [0.2, 0.25) is 0 Å². The van der Waals surface area contributed by atoms with Crippen molar-refractivity contribution in [3.8, 4) is 0 Å². The normalized spacial score (nSPS) is 6.59. The zero-order valence-corrected chi connectivity index (χ0v) is 10.3. The van der Waals surface area contributed by atoms with E-state index < -0.39 is 29.0 Å². The van der Waals surface area contributed by atoms with Crippen molar-refractivity contribution in [1.29, 1.82) is 0 Å². The maximum atomic E-state index is 8.93. The van der Waals surface area contributed by atoms with Crippen LogP contribution in [0.5, 0.6) is 0 Å². The number of hydrogen-bond acceptors (Lipinski definition) is 10. The Bertz CT molecular complexity index is 246. The van der Waals surface area contributed by atoms with E-state index >= 15 is 0 Å². The van der Waals surface area contributed by atoms with E-state index in [4.69, 9.17) is 54.9 Å². The summed E-state index contributed by atoms with van der Waals surface area (Å²) >= 11 is 0. The molecule has 0 amide bonds. The molecule has 0 aromatic carbocycles. The summed E-state index contributed by atoms with van der Waals surface area (Å²) in [6.45, 7) is 0. The molecule has 92 valence electrons. The van der Waals surface area contributed by atoms with E-state index in [9.17, 15) is 0 Å². The Balaban J connectivity index is -0.0000000741. The van der Waals surface area contributed by atoms with E-state index in [0.29, 0.717) is 0 Å². The summed E-state index contributed by atoms with van der Waals surface area (Å²) in [6.07, 6.45) is 0. The molecule has 17 heavy (non-hydrogen) atoms. The Morgan fingerprint density at radius 3 is 0.824 bits per heavy atom. The van der Waals surface area contributed by atoms with E-state index in [-0.39, 0.29) is 23.9 Å². The van der Waals surface area contributed by atoms with Gasteiger partial charge in [-0.2, -0.15) is 0 Å². The average molecular weight is 358 g/mol. The number of carboxylic acid groups (broad SMARTS) is 4. The molecule has 0 aromatic heterocycles. The van der Waals surface area contributed by atoms with Gasteiger partial charge in [-0.25, -0.2) is 0 Å². The summed E-state index contributed by atoms with van der Waals surface area (Å²) in [7, 11) is 0. The Kier molecular flexibility index (Phi) is 19.8. The molecule has 0 fully saturated rings. The SMILES string of the molecule is O=C([O-])C(=O)[O-].O=C([O-])C(=O)[O-].O=[N+]([O-])O.[Sn+4]. The molecule has 0 saturated carbocycles. The molecule has 0 aliphatic carbocycles. The van der Waals surface area contributed by atoms with Gasteiger partial charge in [0.1, 0.15) is 0 Å². The third kappa shape index (κ3) is 56.7. The smallest absolute Gasteiger partial charge is 0.543 e.